The van der Waals surface area contributed by atoms with Crippen molar-refractivity contribution in [3.05, 3.63) is 77.7 Å². The van der Waals surface area contributed by atoms with E-state index in [1.807, 2.05) is 0 Å². The predicted molar refractivity (Wildman–Crippen MR) is 99.4 cm³/mol. The van der Waals surface area contributed by atoms with Crippen LogP contribution in [-0.4, -0.2) is 17.3 Å². The first-order chi connectivity index (χ1) is 14.2. The van der Waals surface area contributed by atoms with Gasteiger partial charge in [-0.25, -0.2) is 9.37 Å². The summed E-state index contributed by atoms with van der Waals surface area (Å²) in [6, 6.07) is 12.4. The molecule has 0 fully saturated rings. The Labute approximate surface area is 168 Å². The zero-order valence-electron chi connectivity index (χ0n) is 15.2. The van der Waals surface area contributed by atoms with Gasteiger partial charge in [-0.3, -0.25) is 4.79 Å². The first-order valence-electron chi connectivity index (χ1n) is 8.52. The third kappa shape index (κ3) is 5.60. The number of pyridine rings is 1. The number of alkyl halides is 3. The van der Waals surface area contributed by atoms with Crippen molar-refractivity contribution in [2.75, 3.05) is 5.73 Å². The van der Waals surface area contributed by atoms with Crippen LogP contribution in [0, 0.1) is 5.82 Å². The monoisotopic (exact) mass is 421 g/mol. The zero-order valence-corrected chi connectivity index (χ0v) is 15.2. The minimum atomic E-state index is -5.00. The number of carbonyl (C=O) groups excluding carboxylic acids is 1. The lowest BCUT2D eigenvalue weighted by atomic mass is 10.2. The fourth-order valence-electron chi connectivity index (χ4n) is 2.49. The Morgan fingerprint density at radius 2 is 1.83 bits per heavy atom. The van der Waals surface area contributed by atoms with Crippen molar-refractivity contribution in [1.29, 1.82) is 0 Å². The SMILES string of the molecule is Nc1ncccc1C(=O)NCc1cccc(Oc2ccc(OC(F)(F)F)c(F)c2)c1. The Morgan fingerprint density at radius 3 is 2.53 bits per heavy atom. The van der Waals surface area contributed by atoms with Gasteiger partial charge in [-0.05, 0) is 42.0 Å². The molecule has 3 aromatic rings. The Hall–Kier alpha value is -3.82. The molecular formula is C20H15F4N3O3. The van der Waals surface area contributed by atoms with Gasteiger partial charge in [-0.15, -0.1) is 13.2 Å². The Balaban J connectivity index is 1.65. The molecule has 0 saturated carbocycles. The van der Waals surface area contributed by atoms with Gasteiger partial charge in [-0.1, -0.05) is 12.1 Å². The Morgan fingerprint density at radius 1 is 1.07 bits per heavy atom. The van der Waals surface area contributed by atoms with Gasteiger partial charge in [-0.2, -0.15) is 0 Å². The lowest BCUT2D eigenvalue weighted by Gasteiger charge is -2.12. The van der Waals surface area contributed by atoms with Crippen molar-refractivity contribution in [3.8, 4) is 17.2 Å². The van der Waals surface area contributed by atoms with E-state index in [-0.39, 0.29) is 23.7 Å². The van der Waals surface area contributed by atoms with Crippen LogP contribution in [0.15, 0.2) is 60.8 Å². The maximum Gasteiger partial charge on any atom is 0.573 e. The molecule has 0 aliphatic carbocycles. The van der Waals surface area contributed by atoms with Crippen molar-refractivity contribution in [2.45, 2.75) is 12.9 Å². The van der Waals surface area contributed by atoms with Crippen molar-refractivity contribution >= 4 is 11.7 Å². The zero-order chi connectivity index (χ0) is 21.7. The molecule has 156 valence electrons. The van der Waals surface area contributed by atoms with Gasteiger partial charge in [0.2, 0.25) is 0 Å². The number of rotatable bonds is 6. The summed E-state index contributed by atoms with van der Waals surface area (Å²) in [5.74, 6) is -2.21. The third-order valence-electron chi connectivity index (χ3n) is 3.80. The summed E-state index contributed by atoms with van der Waals surface area (Å²) in [6.45, 7) is 0.150. The summed E-state index contributed by atoms with van der Waals surface area (Å²) in [5.41, 5.74) is 6.57. The fourth-order valence-corrected chi connectivity index (χ4v) is 2.49. The summed E-state index contributed by atoms with van der Waals surface area (Å²) in [6.07, 6.45) is -3.53. The number of nitrogens with zero attached hydrogens (tertiary/aromatic N) is 1. The van der Waals surface area contributed by atoms with Crippen LogP contribution in [0.3, 0.4) is 0 Å². The van der Waals surface area contributed by atoms with Crippen molar-refractivity contribution in [2.24, 2.45) is 0 Å². The topological polar surface area (TPSA) is 86.5 Å². The summed E-state index contributed by atoms with van der Waals surface area (Å²) < 4.78 is 59.5. The van der Waals surface area contributed by atoms with Crippen molar-refractivity contribution in [1.82, 2.24) is 10.3 Å². The molecule has 6 nitrogen and oxygen atoms in total. The van der Waals surface area contributed by atoms with E-state index < -0.39 is 23.8 Å². The fraction of sp³-hybridized carbons (Fsp3) is 0.100. The van der Waals surface area contributed by atoms with E-state index in [1.165, 1.54) is 12.3 Å². The number of nitrogens with one attached hydrogen (secondary N) is 1. The van der Waals surface area contributed by atoms with Gasteiger partial charge >= 0.3 is 6.36 Å². The van der Waals surface area contributed by atoms with Crippen LogP contribution in [0.2, 0.25) is 0 Å². The third-order valence-corrected chi connectivity index (χ3v) is 3.80. The molecule has 0 unspecified atom stereocenters. The second-order valence-corrected chi connectivity index (χ2v) is 6.01. The maximum atomic E-state index is 13.8. The number of halogens is 4. The molecule has 0 aliphatic rings. The second kappa shape index (κ2) is 8.68. The summed E-state index contributed by atoms with van der Waals surface area (Å²) in [7, 11) is 0. The van der Waals surface area contributed by atoms with E-state index in [4.69, 9.17) is 10.5 Å². The number of benzene rings is 2. The van der Waals surface area contributed by atoms with Crippen LogP contribution in [0.1, 0.15) is 15.9 Å². The number of nitrogens with two attached hydrogens (primary N) is 1. The largest absolute Gasteiger partial charge is 0.573 e. The molecule has 1 heterocycles. The van der Waals surface area contributed by atoms with Gasteiger partial charge in [0, 0.05) is 18.8 Å². The van der Waals surface area contributed by atoms with E-state index >= 15 is 0 Å². The van der Waals surface area contributed by atoms with Crippen molar-refractivity contribution in [3.63, 3.8) is 0 Å². The van der Waals surface area contributed by atoms with E-state index in [0.29, 0.717) is 11.3 Å². The molecular weight excluding hydrogens is 406 g/mol. The smallest absolute Gasteiger partial charge is 0.457 e. The first kappa shape index (κ1) is 20.9. The molecule has 0 atom stereocenters. The highest BCUT2D eigenvalue weighted by atomic mass is 19.4. The molecule has 1 amide bonds. The van der Waals surface area contributed by atoms with Gasteiger partial charge in [0.05, 0.1) is 5.56 Å². The molecule has 1 aromatic heterocycles. The number of ether oxygens (including phenoxy) is 2. The van der Waals surface area contributed by atoms with Gasteiger partial charge in [0.15, 0.2) is 11.6 Å². The van der Waals surface area contributed by atoms with E-state index in [1.54, 1.807) is 30.3 Å². The molecule has 3 N–H and O–H groups in total. The highest BCUT2D eigenvalue weighted by Crippen LogP contribution is 2.30. The van der Waals surface area contributed by atoms with E-state index in [0.717, 1.165) is 18.2 Å². The number of carbonyl (C=O) groups is 1. The number of aromatic nitrogens is 1. The van der Waals surface area contributed by atoms with Crippen LogP contribution >= 0.6 is 0 Å². The van der Waals surface area contributed by atoms with Crippen LogP contribution in [0.5, 0.6) is 17.2 Å². The molecule has 10 heteroatoms. The van der Waals surface area contributed by atoms with Gasteiger partial charge < -0.3 is 20.5 Å². The van der Waals surface area contributed by atoms with Crippen LogP contribution in [-0.2, 0) is 6.54 Å². The Bertz CT molecular complexity index is 1060. The van der Waals surface area contributed by atoms with Crippen LogP contribution in [0.25, 0.3) is 0 Å². The van der Waals surface area contributed by atoms with E-state index in [9.17, 15) is 22.4 Å². The predicted octanol–water partition coefficient (Wildman–Crippen LogP) is 4.42. The number of amides is 1. The molecule has 0 spiro atoms. The highest BCUT2D eigenvalue weighted by molar-refractivity contribution is 5.98. The summed E-state index contributed by atoms with van der Waals surface area (Å²) in [5, 5.41) is 2.69. The number of hydrogen-bond acceptors (Lipinski definition) is 5. The maximum absolute atomic E-state index is 13.8. The standard InChI is InChI=1S/C20H15F4N3O3/c21-16-10-14(6-7-17(16)30-20(22,23)24)29-13-4-1-3-12(9-13)11-27-19(28)15-5-2-8-26-18(15)25/h1-10H,11H2,(H2,25,26)(H,27,28). The van der Waals surface area contributed by atoms with Crippen molar-refractivity contribution < 1.29 is 31.8 Å². The number of nitrogen functional groups attached to an aromatic ring is 1. The average Bonchev–Trinajstić information content (AvgIpc) is 2.68. The summed E-state index contributed by atoms with van der Waals surface area (Å²) >= 11 is 0. The normalized spacial score (nSPS) is 11.1. The molecule has 0 radical (unpaired) electrons. The first-order valence-corrected chi connectivity index (χ1v) is 8.52. The van der Waals surface area contributed by atoms with Crippen LogP contribution in [0.4, 0.5) is 23.4 Å². The summed E-state index contributed by atoms with van der Waals surface area (Å²) in [4.78, 5) is 16.0. The number of hydrogen-bond donors (Lipinski definition) is 2. The molecule has 2 aromatic carbocycles. The highest BCUT2D eigenvalue weighted by Gasteiger charge is 2.32. The quantitative estimate of drug-likeness (QED) is 0.576. The van der Waals surface area contributed by atoms with Gasteiger partial charge in [0.1, 0.15) is 17.3 Å². The lowest BCUT2D eigenvalue weighted by Crippen LogP contribution is -2.24. The number of anilines is 1. The molecule has 0 saturated heterocycles. The van der Waals surface area contributed by atoms with E-state index in [2.05, 4.69) is 15.0 Å². The molecule has 0 aliphatic heterocycles. The van der Waals surface area contributed by atoms with Crippen LogP contribution < -0.4 is 20.5 Å². The Kier molecular flexibility index (Phi) is 6.05. The van der Waals surface area contributed by atoms with Gasteiger partial charge in [0.25, 0.3) is 5.91 Å². The second-order valence-electron chi connectivity index (χ2n) is 6.01. The molecule has 30 heavy (non-hydrogen) atoms. The molecule has 3 rings (SSSR count). The average molecular weight is 421 g/mol. The molecule has 0 bridgehead atoms. The minimum absolute atomic E-state index is 0.0219. The minimum Gasteiger partial charge on any atom is -0.457 e. The lowest BCUT2D eigenvalue weighted by molar-refractivity contribution is -0.275.